The second kappa shape index (κ2) is 6.29. The predicted octanol–water partition coefficient (Wildman–Crippen LogP) is 4.81. The summed E-state index contributed by atoms with van der Waals surface area (Å²) in [5.41, 5.74) is 2.29. The van der Waals surface area contributed by atoms with E-state index in [0.717, 1.165) is 17.9 Å². The molecule has 0 aliphatic heterocycles. The number of hydrogen-bond donors (Lipinski definition) is 1. The van der Waals surface area contributed by atoms with Crippen molar-refractivity contribution in [2.45, 2.75) is 13.5 Å². The fourth-order valence-electron chi connectivity index (χ4n) is 1.85. The molecule has 19 heavy (non-hydrogen) atoms. The van der Waals surface area contributed by atoms with Gasteiger partial charge in [-0.15, -0.1) is 0 Å². The Kier molecular flexibility index (Phi) is 4.70. The van der Waals surface area contributed by atoms with Crippen LogP contribution in [0.1, 0.15) is 11.1 Å². The molecule has 2 nitrogen and oxygen atoms in total. The van der Waals surface area contributed by atoms with Crippen LogP contribution in [-0.2, 0) is 6.54 Å². The fraction of sp³-hybridized carbons (Fsp3) is 0.200. The zero-order chi connectivity index (χ0) is 13.8. The predicted molar refractivity (Wildman–Crippen MR) is 80.5 cm³/mol. The standard InChI is InChI=1S/C15H15Cl2NO/c1-10-3-4-15(11(5-10)9-18-2)19-14-7-12(16)6-13(17)8-14/h3-8,18H,9H2,1-2H3. The zero-order valence-electron chi connectivity index (χ0n) is 10.8. The van der Waals surface area contributed by atoms with Crippen LogP contribution in [0.25, 0.3) is 0 Å². The van der Waals surface area contributed by atoms with Crippen molar-refractivity contribution < 1.29 is 4.74 Å². The van der Waals surface area contributed by atoms with Crippen molar-refractivity contribution in [3.8, 4) is 11.5 Å². The maximum Gasteiger partial charge on any atom is 0.131 e. The van der Waals surface area contributed by atoms with E-state index in [1.807, 2.05) is 19.2 Å². The van der Waals surface area contributed by atoms with Crippen LogP contribution in [0, 0.1) is 6.92 Å². The number of benzene rings is 2. The lowest BCUT2D eigenvalue weighted by Crippen LogP contribution is -2.06. The molecule has 0 aromatic heterocycles. The molecule has 1 N–H and O–H groups in total. The van der Waals surface area contributed by atoms with Crippen LogP contribution in [0.3, 0.4) is 0 Å². The van der Waals surface area contributed by atoms with Gasteiger partial charge in [-0.1, -0.05) is 40.9 Å². The Hall–Kier alpha value is -1.22. The van der Waals surface area contributed by atoms with Crippen LogP contribution < -0.4 is 10.1 Å². The third-order valence-electron chi connectivity index (χ3n) is 2.65. The van der Waals surface area contributed by atoms with Crippen molar-refractivity contribution in [1.82, 2.24) is 5.32 Å². The summed E-state index contributed by atoms with van der Waals surface area (Å²) in [5.74, 6) is 1.44. The van der Waals surface area contributed by atoms with Crippen molar-refractivity contribution in [3.05, 3.63) is 57.6 Å². The van der Waals surface area contributed by atoms with E-state index < -0.39 is 0 Å². The quantitative estimate of drug-likeness (QED) is 0.874. The average Bonchev–Trinajstić information content (AvgIpc) is 2.32. The molecule has 0 fully saturated rings. The van der Waals surface area contributed by atoms with Crippen LogP contribution >= 0.6 is 23.2 Å². The van der Waals surface area contributed by atoms with Crippen LogP contribution in [0.15, 0.2) is 36.4 Å². The van der Waals surface area contributed by atoms with E-state index in [4.69, 9.17) is 27.9 Å². The first-order valence-electron chi connectivity index (χ1n) is 5.96. The molecule has 4 heteroatoms. The monoisotopic (exact) mass is 295 g/mol. The van der Waals surface area contributed by atoms with E-state index in [9.17, 15) is 0 Å². The minimum absolute atomic E-state index is 0.560. The first-order chi connectivity index (χ1) is 9.08. The van der Waals surface area contributed by atoms with Gasteiger partial charge >= 0.3 is 0 Å². The molecule has 0 atom stereocenters. The third kappa shape index (κ3) is 3.87. The molecule has 2 rings (SSSR count). The number of aryl methyl sites for hydroxylation is 1. The fourth-order valence-corrected chi connectivity index (χ4v) is 2.36. The van der Waals surface area contributed by atoms with Crippen molar-refractivity contribution in [2.24, 2.45) is 0 Å². The van der Waals surface area contributed by atoms with Crippen molar-refractivity contribution >= 4 is 23.2 Å². The van der Waals surface area contributed by atoms with Crippen molar-refractivity contribution in [3.63, 3.8) is 0 Å². The van der Waals surface area contributed by atoms with Crippen LogP contribution in [0.4, 0.5) is 0 Å². The average molecular weight is 296 g/mol. The molecular weight excluding hydrogens is 281 g/mol. The summed E-state index contributed by atoms with van der Waals surface area (Å²) in [5, 5.41) is 4.25. The number of halogens is 2. The van der Waals surface area contributed by atoms with E-state index in [1.165, 1.54) is 5.56 Å². The number of ether oxygens (including phenoxy) is 1. The normalized spacial score (nSPS) is 10.5. The van der Waals surface area contributed by atoms with Gasteiger partial charge in [0.25, 0.3) is 0 Å². The number of rotatable bonds is 4. The summed E-state index contributed by atoms with van der Waals surface area (Å²) in [6, 6.07) is 11.2. The molecule has 0 unspecified atom stereocenters. The second-order valence-electron chi connectivity index (χ2n) is 4.35. The van der Waals surface area contributed by atoms with Gasteiger partial charge in [0.05, 0.1) is 0 Å². The van der Waals surface area contributed by atoms with Gasteiger partial charge in [-0.2, -0.15) is 0 Å². The molecule has 2 aromatic carbocycles. The van der Waals surface area contributed by atoms with Crippen LogP contribution in [0.2, 0.25) is 10.0 Å². The van der Waals surface area contributed by atoms with Crippen molar-refractivity contribution in [1.29, 1.82) is 0 Å². The molecule has 100 valence electrons. The SMILES string of the molecule is CNCc1cc(C)ccc1Oc1cc(Cl)cc(Cl)c1. The minimum atomic E-state index is 0.560. The highest BCUT2D eigenvalue weighted by molar-refractivity contribution is 6.34. The highest BCUT2D eigenvalue weighted by Crippen LogP contribution is 2.30. The largest absolute Gasteiger partial charge is 0.457 e. The minimum Gasteiger partial charge on any atom is -0.457 e. The molecule has 0 saturated carbocycles. The molecule has 0 aliphatic carbocycles. The molecule has 0 spiro atoms. The van der Waals surface area contributed by atoms with E-state index in [0.29, 0.717) is 15.8 Å². The van der Waals surface area contributed by atoms with Crippen LogP contribution in [0.5, 0.6) is 11.5 Å². The van der Waals surface area contributed by atoms with Gasteiger partial charge in [0.15, 0.2) is 0 Å². The van der Waals surface area contributed by atoms with Gasteiger partial charge in [0.1, 0.15) is 11.5 Å². The number of nitrogens with one attached hydrogen (secondary N) is 1. The lowest BCUT2D eigenvalue weighted by atomic mass is 10.1. The van der Waals surface area contributed by atoms with Crippen molar-refractivity contribution in [2.75, 3.05) is 7.05 Å². The van der Waals surface area contributed by atoms with Gasteiger partial charge < -0.3 is 10.1 Å². The second-order valence-corrected chi connectivity index (χ2v) is 5.22. The zero-order valence-corrected chi connectivity index (χ0v) is 12.3. The topological polar surface area (TPSA) is 21.3 Å². The summed E-state index contributed by atoms with van der Waals surface area (Å²) in [7, 11) is 1.91. The molecule has 2 aromatic rings. The molecule has 0 heterocycles. The van der Waals surface area contributed by atoms with Gasteiger partial charge in [-0.05, 0) is 38.2 Å². The lowest BCUT2D eigenvalue weighted by molar-refractivity contribution is 0.474. The smallest absolute Gasteiger partial charge is 0.131 e. The maximum atomic E-state index is 5.97. The van der Waals surface area contributed by atoms with Gasteiger partial charge in [0, 0.05) is 22.2 Å². The maximum absolute atomic E-state index is 5.97. The summed E-state index contributed by atoms with van der Waals surface area (Å²) >= 11 is 11.9. The molecule has 0 bridgehead atoms. The molecule has 0 saturated heterocycles. The Morgan fingerprint density at radius 1 is 1.05 bits per heavy atom. The Morgan fingerprint density at radius 3 is 2.37 bits per heavy atom. The Labute approximate surface area is 123 Å². The summed E-state index contributed by atoms with van der Waals surface area (Å²) in [4.78, 5) is 0. The van der Waals surface area contributed by atoms with E-state index in [2.05, 4.69) is 18.3 Å². The molecular formula is C15H15Cl2NO. The van der Waals surface area contributed by atoms with Gasteiger partial charge in [-0.25, -0.2) is 0 Å². The van der Waals surface area contributed by atoms with Crippen LogP contribution in [-0.4, -0.2) is 7.05 Å². The Morgan fingerprint density at radius 2 is 1.74 bits per heavy atom. The first-order valence-corrected chi connectivity index (χ1v) is 6.72. The van der Waals surface area contributed by atoms with Gasteiger partial charge in [0.2, 0.25) is 0 Å². The number of hydrogen-bond acceptors (Lipinski definition) is 2. The molecule has 0 aliphatic rings. The Bertz CT molecular complexity index is 564. The molecule has 0 amide bonds. The highest BCUT2D eigenvalue weighted by Gasteiger charge is 2.06. The van der Waals surface area contributed by atoms with E-state index >= 15 is 0 Å². The van der Waals surface area contributed by atoms with Gasteiger partial charge in [-0.3, -0.25) is 0 Å². The third-order valence-corrected chi connectivity index (χ3v) is 3.08. The van der Waals surface area contributed by atoms with E-state index in [-0.39, 0.29) is 0 Å². The molecule has 0 radical (unpaired) electrons. The summed E-state index contributed by atoms with van der Waals surface area (Å²) < 4.78 is 5.87. The first kappa shape index (κ1) is 14.2. The highest BCUT2D eigenvalue weighted by atomic mass is 35.5. The summed E-state index contributed by atoms with van der Waals surface area (Å²) in [6.07, 6.45) is 0. The Balaban J connectivity index is 2.31. The summed E-state index contributed by atoms with van der Waals surface area (Å²) in [6.45, 7) is 2.80. The lowest BCUT2D eigenvalue weighted by Gasteiger charge is -2.12. The van der Waals surface area contributed by atoms with E-state index in [1.54, 1.807) is 18.2 Å².